The van der Waals surface area contributed by atoms with Crippen LogP contribution in [0, 0.1) is 0 Å². The lowest BCUT2D eigenvalue weighted by Gasteiger charge is -2.06. The van der Waals surface area contributed by atoms with Crippen LogP contribution in [0.15, 0.2) is 60.9 Å². The molecule has 24 heavy (non-hydrogen) atoms. The van der Waals surface area contributed by atoms with Crippen LogP contribution in [0.2, 0.25) is 0 Å². The molecule has 0 fully saturated rings. The summed E-state index contributed by atoms with van der Waals surface area (Å²) in [6, 6.07) is 16.2. The fraction of sp³-hybridized carbons (Fsp3) is 0.150. The van der Waals surface area contributed by atoms with Crippen molar-refractivity contribution in [2.45, 2.75) is 6.42 Å². The number of carbonyl (C=O) groups is 1. The molecule has 1 N–H and O–H groups in total. The summed E-state index contributed by atoms with van der Waals surface area (Å²) in [5.41, 5.74) is 4.18. The third kappa shape index (κ3) is 2.46. The zero-order chi connectivity index (χ0) is 16.7. The number of hydrogen-bond donors (Lipinski definition) is 1. The van der Waals surface area contributed by atoms with Crippen molar-refractivity contribution in [1.82, 2.24) is 9.13 Å². The number of amides is 1. The van der Waals surface area contributed by atoms with Gasteiger partial charge in [-0.2, -0.15) is 0 Å². The number of fused-ring (bicyclic) bond motifs is 2. The standard InChI is InChI=1S/C20H19N3O/c1-22-10-9-14-11-16(7-8-18(14)22)21-20(24)12-15-13-23(2)19-6-4-3-5-17(15)19/h3-11,13H,12H2,1-2H3,(H,21,24). The highest BCUT2D eigenvalue weighted by molar-refractivity contribution is 5.97. The lowest BCUT2D eigenvalue weighted by Crippen LogP contribution is -2.14. The molecule has 2 heterocycles. The minimum absolute atomic E-state index is 0.00151. The van der Waals surface area contributed by atoms with Crippen molar-refractivity contribution >= 4 is 33.4 Å². The summed E-state index contributed by atoms with van der Waals surface area (Å²) in [5, 5.41) is 5.27. The number of rotatable bonds is 3. The van der Waals surface area contributed by atoms with Crippen molar-refractivity contribution in [2.24, 2.45) is 14.1 Å². The van der Waals surface area contributed by atoms with E-state index < -0.39 is 0 Å². The fourth-order valence-electron chi connectivity index (χ4n) is 3.30. The molecular weight excluding hydrogens is 298 g/mol. The zero-order valence-electron chi connectivity index (χ0n) is 13.8. The van der Waals surface area contributed by atoms with Crippen LogP contribution < -0.4 is 5.32 Å². The second kappa shape index (κ2) is 5.57. The zero-order valence-corrected chi connectivity index (χ0v) is 13.8. The number of nitrogens with one attached hydrogen (secondary N) is 1. The quantitative estimate of drug-likeness (QED) is 0.612. The maximum Gasteiger partial charge on any atom is 0.228 e. The van der Waals surface area contributed by atoms with Gasteiger partial charge in [-0.15, -0.1) is 0 Å². The van der Waals surface area contributed by atoms with E-state index in [1.165, 1.54) is 0 Å². The molecule has 4 aromatic rings. The first kappa shape index (κ1) is 14.6. The van der Waals surface area contributed by atoms with E-state index in [9.17, 15) is 4.79 Å². The number of nitrogens with zero attached hydrogens (tertiary/aromatic N) is 2. The molecule has 1 amide bonds. The number of para-hydroxylation sites is 1. The summed E-state index contributed by atoms with van der Waals surface area (Å²) < 4.78 is 4.13. The molecular formula is C20H19N3O. The van der Waals surface area contributed by atoms with E-state index in [4.69, 9.17) is 0 Å². The van der Waals surface area contributed by atoms with E-state index in [0.717, 1.165) is 33.1 Å². The van der Waals surface area contributed by atoms with Crippen molar-refractivity contribution in [3.63, 3.8) is 0 Å². The highest BCUT2D eigenvalue weighted by atomic mass is 16.1. The molecule has 0 saturated heterocycles. The molecule has 0 spiro atoms. The normalized spacial score (nSPS) is 11.2. The number of benzene rings is 2. The van der Waals surface area contributed by atoms with Crippen LogP contribution in [-0.4, -0.2) is 15.0 Å². The number of anilines is 1. The molecule has 0 atom stereocenters. The maximum absolute atomic E-state index is 12.5. The molecule has 0 aliphatic rings. The van der Waals surface area contributed by atoms with Gasteiger partial charge in [0, 0.05) is 54.0 Å². The smallest absolute Gasteiger partial charge is 0.228 e. The predicted molar refractivity (Wildman–Crippen MR) is 98.2 cm³/mol. The number of hydrogen-bond acceptors (Lipinski definition) is 1. The molecule has 0 unspecified atom stereocenters. The second-order valence-corrected chi connectivity index (χ2v) is 6.21. The Kier molecular flexibility index (Phi) is 3.38. The third-order valence-electron chi connectivity index (χ3n) is 4.50. The summed E-state index contributed by atoms with van der Waals surface area (Å²) in [4.78, 5) is 12.5. The van der Waals surface area contributed by atoms with Crippen molar-refractivity contribution in [1.29, 1.82) is 0 Å². The lowest BCUT2D eigenvalue weighted by atomic mass is 10.1. The van der Waals surface area contributed by atoms with Crippen molar-refractivity contribution < 1.29 is 4.79 Å². The van der Waals surface area contributed by atoms with Crippen LogP contribution in [0.4, 0.5) is 5.69 Å². The fourth-order valence-corrected chi connectivity index (χ4v) is 3.30. The van der Waals surface area contributed by atoms with E-state index in [2.05, 4.69) is 32.7 Å². The molecule has 0 aliphatic carbocycles. The Morgan fingerprint density at radius 1 is 1.00 bits per heavy atom. The van der Waals surface area contributed by atoms with Gasteiger partial charge in [-0.05, 0) is 35.9 Å². The monoisotopic (exact) mass is 317 g/mol. The third-order valence-corrected chi connectivity index (χ3v) is 4.50. The predicted octanol–water partition coefficient (Wildman–Crippen LogP) is 3.85. The van der Waals surface area contributed by atoms with Gasteiger partial charge in [-0.1, -0.05) is 18.2 Å². The SMILES string of the molecule is Cn1ccc2cc(NC(=O)Cc3cn(C)c4ccccc34)ccc21. The van der Waals surface area contributed by atoms with Crippen molar-refractivity contribution in [3.8, 4) is 0 Å². The van der Waals surface area contributed by atoms with E-state index in [1.54, 1.807) is 0 Å². The van der Waals surface area contributed by atoms with Crippen LogP contribution >= 0.6 is 0 Å². The van der Waals surface area contributed by atoms with E-state index in [1.807, 2.05) is 56.8 Å². The van der Waals surface area contributed by atoms with Gasteiger partial charge in [-0.3, -0.25) is 4.79 Å². The van der Waals surface area contributed by atoms with Gasteiger partial charge in [0.25, 0.3) is 0 Å². The molecule has 4 rings (SSSR count). The van der Waals surface area contributed by atoms with Gasteiger partial charge in [-0.25, -0.2) is 0 Å². The molecule has 0 bridgehead atoms. The lowest BCUT2D eigenvalue weighted by molar-refractivity contribution is -0.115. The van der Waals surface area contributed by atoms with Gasteiger partial charge in [0.15, 0.2) is 0 Å². The summed E-state index contributed by atoms with van der Waals surface area (Å²) >= 11 is 0. The Morgan fingerprint density at radius 2 is 1.83 bits per heavy atom. The van der Waals surface area contributed by atoms with Crippen molar-refractivity contribution in [3.05, 3.63) is 66.5 Å². The number of aryl methyl sites for hydroxylation is 2. The molecule has 4 heteroatoms. The molecule has 120 valence electrons. The molecule has 2 aromatic carbocycles. The van der Waals surface area contributed by atoms with Gasteiger partial charge in [0.1, 0.15) is 0 Å². The summed E-state index contributed by atoms with van der Waals surface area (Å²) in [6.07, 6.45) is 4.42. The minimum atomic E-state index is 0.00151. The average molecular weight is 317 g/mol. The Bertz CT molecular complexity index is 1060. The van der Waals surface area contributed by atoms with E-state index in [0.29, 0.717) is 6.42 Å². The second-order valence-electron chi connectivity index (χ2n) is 6.21. The first-order chi connectivity index (χ1) is 11.6. The molecule has 2 aromatic heterocycles. The first-order valence-electron chi connectivity index (χ1n) is 8.00. The van der Waals surface area contributed by atoms with Gasteiger partial charge >= 0.3 is 0 Å². The Balaban J connectivity index is 1.57. The highest BCUT2D eigenvalue weighted by Gasteiger charge is 2.11. The first-order valence-corrected chi connectivity index (χ1v) is 8.00. The van der Waals surface area contributed by atoms with Crippen LogP contribution in [0.3, 0.4) is 0 Å². The highest BCUT2D eigenvalue weighted by Crippen LogP contribution is 2.22. The summed E-state index contributed by atoms with van der Waals surface area (Å²) in [7, 11) is 4.02. The topological polar surface area (TPSA) is 39.0 Å². The average Bonchev–Trinajstić information content (AvgIpc) is 3.09. The Hall–Kier alpha value is -3.01. The Labute approximate surface area is 140 Å². The molecule has 0 radical (unpaired) electrons. The van der Waals surface area contributed by atoms with Crippen LogP contribution in [0.1, 0.15) is 5.56 Å². The maximum atomic E-state index is 12.5. The molecule has 0 aliphatic heterocycles. The molecule has 4 nitrogen and oxygen atoms in total. The van der Waals surface area contributed by atoms with Gasteiger partial charge in [0.05, 0.1) is 6.42 Å². The van der Waals surface area contributed by atoms with E-state index in [-0.39, 0.29) is 5.91 Å². The molecule has 0 saturated carbocycles. The van der Waals surface area contributed by atoms with Crippen LogP contribution in [0.25, 0.3) is 21.8 Å². The van der Waals surface area contributed by atoms with Crippen LogP contribution in [0.5, 0.6) is 0 Å². The largest absolute Gasteiger partial charge is 0.351 e. The Morgan fingerprint density at radius 3 is 2.71 bits per heavy atom. The number of aromatic nitrogens is 2. The minimum Gasteiger partial charge on any atom is -0.351 e. The number of carbonyl (C=O) groups excluding carboxylic acids is 1. The van der Waals surface area contributed by atoms with Gasteiger partial charge in [0.2, 0.25) is 5.91 Å². The van der Waals surface area contributed by atoms with E-state index >= 15 is 0 Å². The van der Waals surface area contributed by atoms with Crippen LogP contribution in [-0.2, 0) is 25.3 Å². The van der Waals surface area contributed by atoms with Crippen molar-refractivity contribution in [2.75, 3.05) is 5.32 Å². The summed E-state index contributed by atoms with van der Waals surface area (Å²) in [6.45, 7) is 0. The van der Waals surface area contributed by atoms with Gasteiger partial charge < -0.3 is 14.5 Å². The summed E-state index contributed by atoms with van der Waals surface area (Å²) in [5.74, 6) is 0.00151.